The first-order chi connectivity index (χ1) is 18.6. The third kappa shape index (κ3) is 5.74. The molecule has 0 aliphatic rings. The minimum Gasteiger partial charge on any atom is -0.489 e. The molecule has 0 bridgehead atoms. The highest BCUT2D eigenvalue weighted by Crippen LogP contribution is 2.24. The van der Waals surface area contributed by atoms with Crippen molar-refractivity contribution in [3.8, 4) is 17.0 Å². The van der Waals surface area contributed by atoms with Crippen molar-refractivity contribution in [2.75, 3.05) is 0 Å². The first-order valence-corrected chi connectivity index (χ1v) is 11.9. The van der Waals surface area contributed by atoms with Gasteiger partial charge in [-0.1, -0.05) is 60.7 Å². The second-order valence-corrected chi connectivity index (χ2v) is 8.50. The number of benzene rings is 4. The van der Waals surface area contributed by atoms with Gasteiger partial charge in [0.15, 0.2) is 0 Å². The van der Waals surface area contributed by atoms with Gasteiger partial charge in [-0.3, -0.25) is 4.79 Å². The highest BCUT2D eigenvalue weighted by Gasteiger charge is 2.13. The van der Waals surface area contributed by atoms with Crippen LogP contribution in [0.25, 0.3) is 22.2 Å². The number of amides is 1. The Bertz CT molecular complexity index is 1610. The van der Waals surface area contributed by atoms with Gasteiger partial charge >= 0.3 is 5.97 Å². The maximum absolute atomic E-state index is 13.1. The molecule has 1 aromatic heterocycles. The van der Waals surface area contributed by atoms with Crippen molar-refractivity contribution in [3.63, 3.8) is 0 Å². The molecule has 0 unspecified atom stereocenters. The molecule has 5 rings (SSSR count). The van der Waals surface area contributed by atoms with E-state index in [2.05, 4.69) is 10.5 Å². The maximum Gasteiger partial charge on any atom is 0.335 e. The average Bonchev–Trinajstić information content (AvgIpc) is 2.96. The molecule has 0 radical (unpaired) electrons. The Hall–Kier alpha value is -5.30. The molecule has 1 amide bonds. The summed E-state index contributed by atoms with van der Waals surface area (Å²) < 4.78 is 5.77. The molecule has 38 heavy (non-hydrogen) atoms. The van der Waals surface area contributed by atoms with Crippen LogP contribution >= 0.6 is 0 Å². The third-order valence-electron chi connectivity index (χ3n) is 5.90. The van der Waals surface area contributed by atoms with E-state index in [4.69, 9.17) is 14.8 Å². The van der Waals surface area contributed by atoms with Crippen molar-refractivity contribution in [3.05, 3.63) is 131 Å². The van der Waals surface area contributed by atoms with E-state index in [1.165, 1.54) is 0 Å². The minimum atomic E-state index is -0.961. The van der Waals surface area contributed by atoms with Gasteiger partial charge in [-0.05, 0) is 59.7 Å². The fourth-order valence-corrected chi connectivity index (χ4v) is 3.91. The lowest BCUT2D eigenvalue weighted by Gasteiger charge is -2.09. The third-order valence-corrected chi connectivity index (χ3v) is 5.90. The number of fused-ring (bicyclic) bond motifs is 1. The minimum absolute atomic E-state index is 0.234. The summed E-state index contributed by atoms with van der Waals surface area (Å²) >= 11 is 0. The van der Waals surface area contributed by atoms with Gasteiger partial charge in [0.2, 0.25) is 0 Å². The van der Waals surface area contributed by atoms with Crippen LogP contribution in [0.1, 0.15) is 31.8 Å². The van der Waals surface area contributed by atoms with Gasteiger partial charge in [0, 0.05) is 10.9 Å². The molecule has 0 aliphatic carbocycles. The lowest BCUT2D eigenvalue weighted by atomic mass is 10.0. The number of carbonyl (C=O) groups excluding carboxylic acids is 1. The fourth-order valence-electron chi connectivity index (χ4n) is 3.91. The van der Waals surface area contributed by atoms with Crippen LogP contribution in [0.5, 0.6) is 5.75 Å². The normalized spacial score (nSPS) is 10.9. The first-order valence-electron chi connectivity index (χ1n) is 11.9. The van der Waals surface area contributed by atoms with E-state index in [1.54, 1.807) is 48.7 Å². The Morgan fingerprint density at radius 1 is 0.868 bits per heavy atom. The Balaban J connectivity index is 1.24. The molecule has 5 aromatic rings. The van der Waals surface area contributed by atoms with Gasteiger partial charge in [-0.15, -0.1) is 0 Å². The Morgan fingerprint density at radius 3 is 2.32 bits per heavy atom. The molecule has 7 heteroatoms. The molecule has 4 aromatic carbocycles. The van der Waals surface area contributed by atoms with Crippen molar-refractivity contribution >= 4 is 29.0 Å². The number of rotatable bonds is 8. The zero-order chi connectivity index (χ0) is 26.3. The Kier molecular flexibility index (Phi) is 7.18. The summed E-state index contributed by atoms with van der Waals surface area (Å²) in [5.41, 5.74) is 7.37. The second kappa shape index (κ2) is 11.2. The van der Waals surface area contributed by atoms with Gasteiger partial charge in [0.1, 0.15) is 12.4 Å². The fraction of sp³-hybridized carbons (Fsp3) is 0.0323. The zero-order valence-corrected chi connectivity index (χ0v) is 20.2. The molecule has 0 atom stereocenters. The van der Waals surface area contributed by atoms with Crippen LogP contribution in [0.15, 0.2) is 114 Å². The van der Waals surface area contributed by atoms with E-state index in [1.807, 2.05) is 66.7 Å². The summed E-state index contributed by atoms with van der Waals surface area (Å²) in [4.78, 5) is 28.7. The van der Waals surface area contributed by atoms with Gasteiger partial charge in [0.05, 0.1) is 28.6 Å². The number of carboxylic acid groups (broad SMARTS) is 1. The smallest absolute Gasteiger partial charge is 0.335 e. The van der Waals surface area contributed by atoms with E-state index in [0.29, 0.717) is 23.6 Å². The maximum atomic E-state index is 13.1. The molecule has 0 spiro atoms. The standard InChI is InChI=1S/C31H23N3O4/c35-30(27-18-29(23-6-2-1-3-7-23)33-28-9-5-4-8-26(27)28)34-32-19-21-12-16-25(17-13-21)38-20-22-10-14-24(15-11-22)31(36)37/h1-19H,20H2,(H,34,35)(H,36,37)/b32-19+. The van der Waals surface area contributed by atoms with Gasteiger partial charge < -0.3 is 9.84 Å². The first kappa shape index (κ1) is 24.4. The van der Waals surface area contributed by atoms with Gasteiger partial charge in [-0.25, -0.2) is 15.2 Å². The molecule has 0 saturated heterocycles. The highest BCUT2D eigenvalue weighted by atomic mass is 16.5. The van der Waals surface area contributed by atoms with Crippen LogP contribution in [-0.2, 0) is 6.61 Å². The molecule has 0 saturated carbocycles. The van der Waals surface area contributed by atoms with Crippen molar-refractivity contribution in [2.45, 2.75) is 6.61 Å². The van der Waals surface area contributed by atoms with Crippen LogP contribution in [-0.4, -0.2) is 28.2 Å². The van der Waals surface area contributed by atoms with Crippen LogP contribution in [0.4, 0.5) is 0 Å². The predicted octanol–water partition coefficient (Wildman–Crippen LogP) is 5.94. The summed E-state index contributed by atoms with van der Waals surface area (Å²) in [6.45, 7) is 0.314. The predicted molar refractivity (Wildman–Crippen MR) is 146 cm³/mol. The van der Waals surface area contributed by atoms with Crippen molar-refractivity contribution in [1.29, 1.82) is 0 Å². The molecule has 7 nitrogen and oxygen atoms in total. The van der Waals surface area contributed by atoms with Crippen LogP contribution in [0.3, 0.4) is 0 Å². The number of hydrazone groups is 1. The number of carbonyl (C=O) groups is 2. The number of aromatic nitrogens is 1. The van der Waals surface area contributed by atoms with Gasteiger partial charge in [-0.2, -0.15) is 5.10 Å². The number of hydrogen-bond acceptors (Lipinski definition) is 5. The number of nitrogens with zero attached hydrogens (tertiary/aromatic N) is 2. The Labute approximate surface area is 219 Å². The van der Waals surface area contributed by atoms with E-state index in [-0.39, 0.29) is 11.5 Å². The summed E-state index contributed by atoms with van der Waals surface area (Å²) in [5, 5.41) is 13.9. The van der Waals surface area contributed by atoms with Crippen molar-refractivity contribution < 1.29 is 19.4 Å². The largest absolute Gasteiger partial charge is 0.489 e. The summed E-state index contributed by atoms with van der Waals surface area (Å²) in [6.07, 6.45) is 1.56. The Morgan fingerprint density at radius 2 is 1.58 bits per heavy atom. The van der Waals surface area contributed by atoms with Crippen LogP contribution in [0, 0.1) is 0 Å². The summed E-state index contributed by atoms with van der Waals surface area (Å²) in [6, 6.07) is 32.8. The van der Waals surface area contributed by atoms with Crippen molar-refractivity contribution in [2.24, 2.45) is 5.10 Å². The molecule has 1 heterocycles. The lowest BCUT2D eigenvalue weighted by molar-refractivity contribution is 0.0696. The number of para-hydroxylation sites is 1. The number of hydrogen-bond donors (Lipinski definition) is 2. The molecular weight excluding hydrogens is 478 g/mol. The average molecular weight is 502 g/mol. The number of carboxylic acids is 1. The topological polar surface area (TPSA) is 101 Å². The monoisotopic (exact) mass is 501 g/mol. The molecule has 186 valence electrons. The van der Waals surface area contributed by atoms with Crippen molar-refractivity contribution in [1.82, 2.24) is 10.4 Å². The SMILES string of the molecule is O=C(O)c1ccc(COc2ccc(/C=N/NC(=O)c3cc(-c4ccccc4)nc4ccccc34)cc2)cc1. The number of aromatic carboxylic acids is 1. The van der Waals surface area contributed by atoms with Gasteiger partial charge in [0.25, 0.3) is 5.91 Å². The number of ether oxygens (including phenoxy) is 1. The van der Waals surface area contributed by atoms with E-state index in [9.17, 15) is 9.59 Å². The molecular formula is C31H23N3O4. The number of nitrogens with one attached hydrogen (secondary N) is 1. The lowest BCUT2D eigenvalue weighted by Crippen LogP contribution is -2.18. The van der Waals surface area contributed by atoms with Crippen LogP contribution < -0.4 is 10.2 Å². The quantitative estimate of drug-likeness (QED) is 0.202. The summed E-state index contributed by atoms with van der Waals surface area (Å²) in [7, 11) is 0. The molecule has 2 N–H and O–H groups in total. The van der Waals surface area contributed by atoms with E-state index < -0.39 is 5.97 Å². The molecule has 0 fully saturated rings. The van der Waals surface area contributed by atoms with Crippen LogP contribution in [0.2, 0.25) is 0 Å². The van der Waals surface area contributed by atoms with E-state index in [0.717, 1.165) is 27.6 Å². The second-order valence-electron chi connectivity index (χ2n) is 8.50. The van der Waals surface area contributed by atoms with E-state index >= 15 is 0 Å². The summed E-state index contributed by atoms with van der Waals surface area (Å²) in [5.74, 6) is -0.631. The molecule has 0 aliphatic heterocycles. The number of pyridine rings is 1. The zero-order valence-electron chi connectivity index (χ0n) is 20.2. The highest BCUT2D eigenvalue weighted by molar-refractivity contribution is 6.07.